The highest BCUT2D eigenvalue weighted by atomic mass is 16.5. The molecule has 5 rings (SSSR count). The summed E-state index contributed by atoms with van der Waals surface area (Å²) in [7, 11) is 0. The zero-order chi connectivity index (χ0) is 22.6. The summed E-state index contributed by atoms with van der Waals surface area (Å²) < 4.78 is 7.10. The normalized spacial score (nSPS) is 23.7. The maximum Gasteiger partial charge on any atom is 0.276 e. The average Bonchev–Trinajstić information content (AvgIpc) is 3.51. The Hall–Kier alpha value is -2.68. The molecule has 2 atom stereocenters. The fourth-order valence-corrected chi connectivity index (χ4v) is 5.14. The van der Waals surface area contributed by atoms with Gasteiger partial charge in [0.25, 0.3) is 11.5 Å². The Labute approximate surface area is 186 Å². The molecular weight excluding hydrogens is 410 g/mol. The quantitative estimate of drug-likeness (QED) is 0.766. The minimum Gasteiger partial charge on any atom is -0.368 e. The SMILES string of the molecule is CC(C)(C)C(=O)N1CCc2c(nc3cc([C@H]4CCCN4C(=O)[C@H]4CCCO4)[nH]n3c2=O)C1. The first-order chi connectivity index (χ1) is 15.2. The van der Waals surface area contributed by atoms with E-state index in [2.05, 4.69) is 5.10 Å². The van der Waals surface area contributed by atoms with Crippen LogP contribution in [0.15, 0.2) is 10.9 Å². The number of ether oxygens (including phenoxy) is 1. The number of rotatable bonds is 2. The van der Waals surface area contributed by atoms with E-state index >= 15 is 0 Å². The zero-order valence-electron chi connectivity index (χ0n) is 19.0. The average molecular weight is 442 g/mol. The molecule has 0 saturated carbocycles. The number of hydrogen-bond donors (Lipinski definition) is 1. The molecule has 9 heteroatoms. The molecule has 2 saturated heterocycles. The molecule has 1 N–H and O–H groups in total. The van der Waals surface area contributed by atoms with Crippen LogP contribution < -0.4 is 5.56 Å². The van der Waals surface area contributed by atoms with E-state index < -0.39 is 5.41 Å². The van der Waals surface area contributed by atoms with E-state index in [-0.39, 0.29) is 29.5 Å². The van der Waals surface area contributed by atoms with Gasteiger partial charge in [0, 0.05) is 36.7 Å². The number of aromatic nitrogens is 3. The van der Waals surface area contributed by atoms with E-state index in [1.54, 1.807) is 4.90 Å². The molecule has 2 fully saturated rings. The van der Waals surface area contributed by atoms with Gasteiger partial charge in [-0.25, -0.2) is 9.50 Å². The summed E-state index contributed by atoms with van der Waals surface area (Å²) in [6.45, 7) is 7.92. The highest BCUT2D eigenvalue weighted by Crippen LogP contribution is 2.33. The molecule has 0 radical (unpaired) electrons. The van der Waals surface area contributed by atoms with Crippen molar-refractivity contribution >= 4 is 17.5 Å². The van der Waals surface area contributed by atoms with Crippen molar-refractivity contribution in [3.05, 3.63) is 33.4 Å². The van der Waals surface area contributed by atoms with Gasteiger partial charge in [0.1, 0.15) is 6.10 Å². The van der Waals surface area contributed by atoms with Crippen LogP contribution in [-0.2, 0) is 27.3 Å². The molecule has 32 heavy (non-hydrogen) atoms. The maximum atomic E-state index is 13.2. The van der Waals surface area contributed by atoms with E-state index in [1.165, 1.54) is 4.52 Å². The monoisotopic (exact) mass is 441 g/mol. The van der Waals surface area contributed by atoms with E-state index in [4.69, 9.17) is 9.72 Å². The lowest BCUT2D eigenvalue weighted by atomic mass is 9.93. The van der Waals surface area contributed by atoms with Gasteiger partial charge in [-0.2, -0.15) is 0 Å². The van der Waals surface area contributed by atoms with Gasteiger partial charge in [0.2, 0.25) is 5.91 Å². The predicted octanol–water partition coefficient (Wildman–Crippen LogP) is 1.80. The lowest BCUT2D eigenvalue weighted by Crippen LogP contribution is -2.44. The van der Waals surface area contributed by atoms with Crippen LogP contribution in [-0.4, -0.2) is 62.0 Å². The molecule has 2 aromatic rings. The number of aromatic amines is 1. The molecule has 2 aromatic heterocycles. The van der Waals surface area contributed by atoms with Gasteiger partial charge < -0.3 is 14.5 Å². The van der Waals surface area contributed by atoms with Crippen molar-refractivity contribution in [1.82, 2.24) is 24.4 Å². The second-order valence-electron chi connectivity index (χ2n) is 10.2. The third-order valence-electron chi connectivity index (χ3n) is 6.81. The summed E-state index contributed by atoms with van der Waals surface area (Å²) in [4.78, 5) is 47.3. The first kappa shape index (κ1) is 21.2. The minimum absolute atomic E-state index is 0.0413. The second kappa shape index (κ2) is 7.72. The van der Waals surface area contributed by atoms with Crippen LogP contribution in [0.2, 0.25) is 0 Å². The molecule has 0 aliphatic carbocycles. The zero-order valence-corrected chi connectivity index (χ0v) is 19.0. The summed E-state index contributed by atoms with van der Waals surface area (Å²) in [5, 5.41) is 3.22. The summed E-state index contributed by atoms with van der Waals surface area (Å²) in [6, 6.07) is 1.77. The number of hydrogen-bond acceptors (Lipinski definition) is 5. The molecule has 5 heterocycles. The highest BCUT2D eigenvalue weighted by molar-refractivity contribution is 5.82. The number of nitrogens with one attached hydrogen (secondary N) is 1. The maximum absolute atomic E-state index is 13.2. The Morgan fingerprint density at radius 3 is 2.72 bits per heavy atom. The van der Waals surface area contributed by atoms with Gasteiger partial charge in [-0.1, -0.05) is 20.8 Å². The third-order valence-corrected chi connectivity index (χ3v) is 6.81. The molecule has 2 amide bonds. The first-order valence-electron chi connectivity index (χ1n) is 11.6. The van der Waals surface area contributed by atoms with Crippen LogP contribution in [0.1, 0.15) is 69.4 Å². The van der Waals surface area contributed by atoms with E-state index in [9.17, 15) is 14.4 Å². The number of likely N-dealkylation sites (tertiary alicyclic amines) is 1. The Balaban J connectivity index is 1.45. The van der Waals surface area contributed by atoms with Crippen molar-refractivity contribution in [2.75, 3.05) is 19.7 Å². The van der Waals surface area contributed by atoms with Crippen LogP contribution in [0.25, 0.3) is 5.65 Å². The first-order valence-corrected chi connectivity index (χ1v) is 11.6. The van der Waals surface area contributed by atoms with Crippen molar-refractivity contribution in [1.29, 1.82) is 0 Å². The van der Waals surface area contributed by atoms with Crippen LogP contribution >= 0.6 is 0 Å². The molecule has 3 aliphatic heterocycles. The lowest BCUT2D eigenvalue weighted by molar-refractivity contribution is -0.142. The van der Waals surface area contributed by atoms with Gasteiger partial charge in [-0.15, -0.1) is 0 Å². The van der Waals surface area contributed by atoms with Crippen molar-refractivity contribution in [2.45, 2.75) is 71.6 Å². The molecule has 0 unspecified atom stereocenters. The Bertz CT molecular complexity index is 1120. The minimum atomic E-state index is -0.473. The number of fused-ring (bicyclic) bond motifs is 2. The Kier molecular flexibility index (Phi) is 5.11. The largest absolute Gasteiger partial charge is 0.368 e. The van der Waals surface area contributed by atoms with Gasteiger partial charge in [-0.3, -0.25) is 19.5 Å². The van der Waals surface area contributed by atoms with Crippen molar-refractivity contribution < 1.29 is 14.3 Å². The smallest absolute Gasteiger partial charge is 0.276 e. The van der Waals surface area contributed by atoms with Gasteiger partial charge in [0.15, 0.2) is 5.65 Å². The standard InChI is InChI=1S/C23H31N5O4/c1-23(2,3)22(31)26-10-8-14-16(13-26)24-19-12-15(25-28(19)20(14)29)17-6-4-9-27(17)21(30)18-7-5-11-32-18/h12,17-18,25H,4-11,13H2,1-3H3/t17-,18-/m1/s1. The van der Waals surface area contributed by atoms with E-state index in [0.29, 0.717) is 49.6 Å². The van der Waals surface area contributed by atoms with Crippen molar-refractivity contribution in [3.8, 4) is 0 Å². The molecule has 0 aromatic carbocycles. The fraction of sp³-hybridized carbons (Fsp3) is 0.652. The number of amides is 2. The topological polar surface area (TPSA) is 100 Å². The van der Waals surface area contributed by atoms with E-state index in [1.807, 2.05) is 31.7 Å². The molecule has 3 aliphatic rings. The molecule has 0 spiro atoms. The third kappa shape index (κ3) is 3.52. The number of carbonyl (C=O) groups excluding carboxylic acids is 2. The van der Waals surface area contributed by atoms with Crippen LogP contribution in [0.3, 0.4) is 0 Å². The Morgan fingerprint density at radius 1 is 1.19 bits per heavy atom. The summed E-state index contributed by atoms with van der Waals surface area (Å²) in [6.07, 6.45) is 3.59. The van der Waals surface area contributed by atoms with Crippen LogP contribution in [0, 0.1) is 5.41 Å². The summed E-state index contributed by atoms with van der Waals surface area (Å²) in [5.41, 5.74) is 2.10. The molecule has 172 valence electrons. The van der Waals surface area contributed by atoms with E-state index in [0.717, 1.165) is 31.4 Å². The fourth-order valence-electron chi connectivity index (χ4n) is 5.14. The second-order valence-corrected chi connectivity index (χ2v) is 10.2. The number of carbonyl (C=O) groups is 2. The van der Waals surface area contributed by atoms with Gasteiger partial charge in [0.05, 0.1) is 24.0 Å². The lowest BCUT2D eigenvalue weighted by Gasteiger charge is -2.32. The summed E-state index contributed by atoms with van der Waals surface area (Å²) in [5.74, 6) is 0.105. The van der Waals surface area contributed by atoms with Crippen LogP contribution in [0.5, 0.6) is 0 Å². The number of H-pyrrole nitrogens is 1. The number of nitrogens with zero attached hydrogens (tertiary/aromatic N) is 4. The molecular formula is C23H31N5O4. The molecule has 9 nitrogen and oxygen atoms in total. The Morgan fingerprint density at radius 2 is 2.00 bits per heavy atom. The van der Waals surface area contributed by atoms with Crippen molar-refractivity contribution in [2.24, 2.45) is 5.41 Å². The predicted molar refractivity (Wildman–Crippen MR) is 117 cm³/mol. The summed E-state index contributed by atoms with van der Waals surface area (Å²) >= 11 is 0. The van der Waals surface area contributed by atoms with Gasteiger partial charge in [-0.05, 0) is 32.1 Å². The highest BCUT2D eigenvalue weighted by Gasteiger charge is 2.37. The van der Waals surface area contributed by atoms with Crippen molar-refractivity contribution in [3.63, 3.8) is 0 Å². The van der Waals surface area contributed by atoms with Crippen LogP contribution in [0.4, 0.5) is 0 Å². The molecule has 0 bridgehead atoms. The van der Waals surface area contributed by atoms with Gasteiger partial charge >= 0.3 is 0 Å².